The minimum atomic E-state index is -4.03. The normalized spacial score (nSPS) is 16.0. The number of sulfonamides is 1. The largest absolute Gasteiger partial charge is 0.508 e. The Morgan fingerprint density at radius 2 is 1.74 bits per heavy atom. The molecular formula is C35H48N4O6S2. The molecule has 0 bridgehead atoms. The number of nitrogens with zero attached hydrogens (tertiary/aromatic N) is 4. The molecule has 47 heavy (non-hydrogen) atoms. The Balaban J connectivity index is 1.58. The fourth-order valence-corrected chi connectivity index (χ4v) is 8.51. The van der Waals surface area contributed by atoms with Crippen LogP contribution in [0.25, 0.3) is 0 Å². The number of aryl methyl sites for hydroxylation is 2. The van der Waals surface area contributed by atoms with Gasteiger partial charge < -0.3 is 20.0 Å². The quantitative estimate of drug-likeness (QED) is 0.211. The molecule has 1 saturated heterocycles. The topological polar surface area (TPSA) is 131 Å². The molecule has 12 heteroatoms. The number of benzene rings is 2. The second-order valence-corrected chi connectivity index (χ2v) is 16.3. The fraction of sp³-hybridized carbons (Fsp3) is 0.514. The summed E-state index contributed by atoms with van der Waals surface area (Å²) >= 11 is 1.53. The van der Waals surface area contributed by atoms with Crippen molar-refractivity contribution in [1.29, 1.82) is 0 Å². The van der Waals surface area contributed by atoms with Crippen molar-refractivity contribution in [1.82, 2.24) is 19.1 Å². The average molecular weight is 685 g/mol. The number of aromatic hydroxyl groups is 1. The Bertz CT molecular complexity index is 1630. The summed E-state index contributed by atoms with van der Waals surface area (Å²) in [6.45, 7) is 12.4. The van der Waals surface area contributed by atoms with Crippen LogP contribution in [0.4, 0.5) is 4.79 Å². The minimum absolute atomic E-state index is 0.00151. The lowest BCUT2D eigenvalue weighted by Gasteiger charge is -2.33. The SMILES string of the molecule is Cc1nc(CN2CCN([C@H](C(=O)C[C@@H](Cc3ccccc3)[C@H](O)CN(CC(C)C)S(=O)(=O)c3ccc(O)c(C)c3)C(C)C)C2=O)cs1. The monoisotopic (exact) mass is 684 g/mol. The standard InChI is InChI=1S/C35H48N4O6S2/c1-23(2)19-38(47(44,45)30-12-13-31(40)25(5)16-30)21-33(42)28(17-27-10-8-7-9-11-27)18-32(41)34(24(3)4)39-15-14-37(35(39)43)20-29-22-46-26(6)36-29/h7-13,16,22-24,28,33-34,40,42H,14-15,17-21H2,1-6H3/t28-,33-,34+/m1/s1. The zero-order chi connectivity index (χ0) is 34.5. The van der Waals surface area contributed by atoms with Crippen LogP contribution in [0.3, 0.4) is 0 Å². The van der Waals surface area contributed by atoms with Gasteiger partial charge in [-0.05, 0) is 67.3 Å². The third-order valence-electron chi connectivity index (χ3n) is 8.56. The molecule has 10 nitrogen and oxygen atoms in total. The molecule has 1 aliphatic heterocycles. The first-order chi connectivity index (χ1) is 22.2. The van der Waals surface area contributed by atoms with Crippen LogP contribution >= 0.6 is 11.3 Å². The number of carbonyl (C=O) groups is 2. The van der Waals surface area contributed by atoms with Crippen molar-refractivity contribution in [3.63, 3.8) is 0 Å². The Morgan fingerprint density at radius 1 is 1.04 bits per heavy atom. The zero-order valence-electron chi connectivity index (χ0n) is 28.2. The highest BCUT2D eigenvalue weighted by atomic mass is 32.2. The number of carbonyl (C=O) groups excluding carboxylic acids is 2. The molecule has 1 aliphatic rings. The molecule has 4 rings (SSSR count). The highest BCUT2D eigenvalue weighted by molar-refractivity contribution is 7.89. The van der Waals surface area contributed by atoms with Crippen LogP contribution in [0.2, 0.25) is 0 Å². The molecule has 2 amide bonds. The molecule has 0 radical (unpaired) electrons. The summed E-state index contributed by atoms with van der Waals surface area (Å²) in [5.41, 5.74) is 2.17. The maximum Gasteiger partial charge on any atom is 0.321 e. The summed E-state index contributed by atoms with van der Waals surface area (Å²) in [6.07, 6.45) is -0.838. The van der Waals surface area contributed by atoms with Crippen molar-refractivity contribution in [2.75, 3.05) is 26.2 Å². The van der Waals surface area contributed by atoms with Crippen molar-refractivity contribution < 1.29 is 28.2 Å². The van der Waals surface area contributed by atoms with Gasteiger partial charge in [-0.1, -0.05) is 58.0 Å². The summed E-state index contributed by atoms with van der Waals surface area (Å²) in [6, 6.07) is 12.8. The number of urea groups is 1. The first kappa shape index (κ1) is 36.5. The molecule has 2 heterocycles. The predicted octanol–water partition coefficient (Wildman–Crippen LogP) is 5.25. The summed E-state index contributed by atoms with van der Waals surface area (Å²) in [4.78, 5) is 35.6. The third-order valence-corrected chi connectivity index (χ3v) is 11.2. The number of Topliss-reactive ketones (excluding diaryl/α,β-unsaturated/α-hetero) is 1. The highest BCUT2D eigenvalue weighted by Crippen LogP contribution is 2.28. The number of aliphatic hydroxyl groups is 1. The first-order valence-corrected chi connectivity index (χ1v) is 18.5. The molecule has 3 atom stereocenters. The molecule has 0 aliphatic carbocycles. The molecule has 1 aromatic heterocycles. The van der Waals surface area contributed by atoms with Crippen molar-refractivity contribution in [2.45, 2.75) is 78.0 Å². The predicted molar refractivity (Wildman–Crippen MR) is 184 cm³/mol. The first-order valence-electron chi connectivity index (χ1n) is 16.2. The number of hydrogen-bond donors (Lipinski definition) is 2. The van der Waals surface area contributed by atoms with E-state index >= 15 is 0 Å². The minimum Gasteiger partial charge on any atom is -0.508 e. The lowest BCUT2D eigenvalue weighted by Crippen LogP contribution is -2.48. The van der Waals surface area contributed by atoms with E-state index in [0.29, 0.717) is 31.6 Å². The van der Waals surface area contributed by atoms with E-state index in [1.807, 2.05) is 70.3 Å². The van der Waals surface area contributed by atoms with Crippen LogP contribution in [-0.2, 0) is 27.8 Å². The number of hydrogen-bond acceptors (Lipinski definition) is 8. The van der Waals surface area contributed by atoms with Crippen LogP contribution in [0.5, 0.6) is 5.75 Å². The van der Waals surface area contributed by atoms with Gasteiger partial charge in [-0.3, -0.25) is 4.79 Å². The molecule has 0 saturated carbocycles. The fourth-order valence-electron chi connectivity index (χ4n) is 6.20. The molecular weight excluding hydrogens is 637 g/mol. The van der Waals surface area contributed by atoms with E-state index in [-0.39, 0.29) is 53.8 Å². The van der Waals surface area contributed by atoms with Crippen LogP contribution < -0.4 is 0 Å². The van der Waals surface area contributed by atoms with Crippen LogP contribution in [0, 0.1) is 31.6 Å². The summed E-state index contributed by atoms with van der Waals surface area (Å²) in [5, 5.41) is 24.6. The Labute approximate surface area is 283 Å². The van der Waals surface area contributed by atoms with Gasteiger partial charge in [0.15, 0.2) is 5.78 Å². The molecule has 0 spiro atoms. The van der Waals surface area contributed by atoms with Crippen LogP contribution in [0.1, 0.15) is 55.9 Å². The van der Waals surface area contributed by atoms with E-state index in [1.54, 1.807) is 16.7 Å². The van der Waals surface area contributed by atoms with Gasteiger partial charge >= 0.3 is 6.03 Å². The van der Waals surface area contributed by atoms with Crippen LogP contribution in [-0.4, -0.2) is 87.9 Å². The maximum atomic E-state index is 14.2. The van der Waals surface area contributed by atoms with Gasteiger partial charge in [-0.2, -0.15) is 4.31 Å². The molecule has 2 N–H and O–H groups in total. The molecule has 1 fully saturated rings. The Kier molecular flexibility index (Phi) is 12.2. The second kappa shape index (κ2) is 15.7. The summed E-state index contributed by atoms with van der Waals surface area (Å²) in [7, 11) is -4.03. The average Bonchev–Trinajstić information content (AvgIpc) is 3.58. The van der Waals surface area contributed by atoms with Crippen molar-refractivity contribution in [3.05, 3.63) is 75.7 Å². The van der Waals surface area contributed by atoms with Gasteiger partial charge in [0.2, 0.25) is 10.0 Å². The van der Waals surface area contributed by atoms with Gasteiger partial charge in [-0.15, -0.1) is 11.3 Å². The number of ketones is 1. The number of phenols is 1. The molecule has 2 aromatic carbocycles. The smallest absolute Gasteiger partial charge is 0.321 e. The van der Waals surface area contributed by atoms with E-state index < -0.39 is 28.1 Å². The van der Waals surface area contributed by atoms with E-state index in [0.717, 1.165) is 16.3 Å². The van der Waals surface area contributed by atoms with Gasteiger partial charge in [0, 0.05) is 38.0 Å². The van der Waals surface area contributed by atoms with Gasteiger partial charge in [-0.25, -0.2) is 18.2 Å². The second-order valence-electron chi connectivity index (χ2n) is 13.3. The highest BCUT2D eigenvalue weighted by Gasteiger charge is 2.40. The maximum absolute atomic E-state index is 14.2. The Hall–Kier alpha value is -3.32. The number of aliphatic hydroxyl groups excluding tert-OH is 1. The molecule has 256 valence electrons. The lowest BCUT2D eigenvalue weighted by atomic mass is 9.85. The number of aromatic nitrogens is 1. The van der Waals surface area contributed by atoms with Crippen molar-refractivity contribution >= 4 is 33.2 Å². The van der Waals surface area contributed by atoms with Crippen LogP contribution in [0.15, 0.2) is 58.8 Å². The summed E-state index contributed by atoms with van der Waals surface area (Å²) in [5.74, 6) is -0.972. The van der Waals surface area contributed by atoms with E-state index in [9.17, 15) is 28.2 Å². The Morgan fingerprint density at radius 3 is 2.34 bits per heavy atom. The molecule has 0 unspecified atom stereocenters. The van der Waals surface area contributed by atoms with E-state index in [2.05, 4.69) is 4.98 Å². The number of phenolic OH excluding ortho intramolecular Hbond substituents is 1. The lowest BCUT2D eigenvalue weighted by molar-refractivity contribution is -0.126. The van der Waals surface area contributed by atoms with E-state index in [1.165, 1.54) is 33.8 Å². The summed E-state index contributed by atoms with van der Waals surface area (Å²) < 4.78 is 29.0. The van der Waals surface area contributed by atoms with E-state index in [4.69, 9.17) is 0 Å². The van der Waals surface area contributed by atoms with Gasteiger partial charge in [0.05, 0.1) is 34.3 Å². The van der Waals surface area contributed by atoms with Gasteiger partial charge in [0.25, 0.3) is 0 Å². The number of thiazole rings is 1. The number of amides is 2. The van der Waals surface area contributed by atoms with Crippen molar-refractivity contribution in [3.8, 4) is 5.75 Å². The van der Waals surface area contributed by atoms with Gasteiger partial charge in [0.1, 0.15) is 5.75 Å². The third kappa shape index (κ3) is 9.19. The molecule has 3 aromatic rings. The zero-order valence-corrected chi connectivity index (χ0v) is 29.8. The van der Waals surface area contributed by atoms with Crippen molar-refractivity contribution in [2.24, 2.45) is 17.8 Å². The number of rotatable bonds is 16.